The lowest BCUT2D eigenvalue weighted by atomic mass is 10.0. The first-order valence-corrected chi connectivity index (χ1v) is 5.75. The Bertz CT molecular complexity index is 428. The van der Waals surface area contributed by atoms with Crippen LogP contribution >= 0.6 is 0 Å². The summed E-state index contributed by atoms with van der Waals surface area (Å²) < 4.78 is 0. The molecule has 0 bridgehead atoms. The molecule has 0 radical (unpaired) electrons. The SMILES string of the molecule is CCC(C(=O)NCc1ccc(C)nc1)C(N)=NO. The highest BCUT2D eigenvalue weighted by molar-refractivity contribution is 6.01. The Morgan fingerprint density at radius 3 is 2.83 bits per heavy atom. The minimum Gasteiger partial charge on any atom is -0.409 e. The van der Waals surface area contributed by atoms with Crippen molar-refractivity contribution in [1.82, 2.24) is 10.3 Å². The van der Waals surface area contributed by atoms with Crippen molar-refractivity contribution in [2.24, 2.45) is 16.8 Å². The predicted molar refractivity (Wildman–Crippen MR) is 68.0 cm³/mol. The number of carbonyl (C=O) groups excluding carboxylic acids is 1. The fraction of sp³-hybridized carbons (Fsp3) is 0.417. The summed E-state index contributed by atoms with van der Waals surface area (Å²) in [5, 5.41) is 14.2. The Morgan fingerprint density at radius 2 is 2.33 bits per heavy atom. The van der Waals surface area contributed by atoms with Gasteiger partial charge in [0.1, 0.15) is 0 Å². The van der Waals surface area contributed by atoms with Gasteiger partial charge in [0.15, 0.2) is 5.84 Å². The molecule has 0 fully saturated rings. The predicted octanol–water partition coefficient (Wildman–Crippen LogP) is 0.779. The molecule has 1 aromatic heterocycles. The number of nitrogens with one attached hydrogen (secondary N) is 1. The van der Waals surface area contributed by atoms with Crippen molar-refractivity contribution in [2.45, 2.75) is 26.8 Å². The van der Waals surface area contributed by atoms with Gasteiger partial charge in [-0.3, -0.25) is 9.78 Å². The Kier molecular flexibility index (Phi) is 5.10. The molecule has 0 spiro atoms. The first-order valence-electron chi connectivity index (χ1n) is 5.75. The molecule has 1 atom stereocenters. The number of nitrogens with two attached hydrogens (primary N) is 1. The summed E-state index contributed by atoms with van der Waals surface area (Å²) in [6.45, 7) is 4.07. The van der Waals surface area contributed by atoms with Gasteiger partial charge >= 0.3 is 0 Å². The van der Waals surface area contributed by atoms with Gasteiger partial charge in [0.25, 0.3) is 0 Å². The minimum absolute atomic E-state index is 0.0722. The van der Waals surface area contributed by atoms with Crippen molar-refractivity contribution in [1.29, 1.82) is 0 Å². The van der Waals surface area contributed by atoms with Gasteiger partial charge in [-0.15, -0.1) is 0 Å². The van der Waals surface area contributed by atoms with Crippen molar-refractivity contribution in [3.63, 3.8) is 0 Å². The molecule has 6 heteroatoms. The number of aromatic nitrogens is 1. The van der Waals surface area contributed by atoms with Crippen LogP contribution in [0.2, 0.25) is 0 Å². The van der Waals surface area contributed by atoms with Crippen LogP contribution in [0.3, 0.4) is 0 Å². The second-order valence-corrected chi connectivity index (χ2v) is 4.01. The molecular weight excluding hydrogens is 232 g/mol. The van der Waals surface area contributed by atoms with E-state index >= 15 is 0 Å². The quantitative estimate of drug-likeness (QED) is 0.311. The third-order valence-corrected chi connectivity index (χ3v) is 2.64. The van der Waals surface area contributed by atoms with E-state index in [2.05, 4.69) is 15.5 Å². The molecule has 1 amide bonds. The van der Waals surface area contributed by atoms with Gasteiger partial charge in [-0.25, -0.2) is 0 Å². The summed E-state index contributed by atoms with van der Waals surface area (Å²) >= 11 is 0. The number of aryl methyl sites for hydroxylation is 1. The van der Waals surface area contributed by atoms with Crippen LogP contribution < -0.4 is 11.1 Å². The lowest BCUT2D eigenvalue weighted by Gasteiger charge is -2.13. The van der Waals surface area contributed by atoms with E-state index in [1.807, 2.05) is 19.1 Å². The molecule has 0 aliphatic rings. The van der Waals surface area contributed by atoms with Crippen LogP contribution in [-0.2, 0) is 11.3 Å². The molecule has 6 nitrogen and oxygen atoms in total. The summed E-state index contributed by atoms with van der Waals surface area (Å²) in [6, 6.07) is 3.77. The number of amidine groups is 1. The van der Waals surface area contributed by atoms with Crippen LogP contribution in [0.1, 0.15) is 24.6 Å². The smallest absolute Gasteiger partial charge is 0.231 e. The van der Waals surface area contributed by atoms with E-state index in [1.165, 1.54) is 0 Å². The third-order valence-electron chi connectivity index (χ3n) is 2.64. The number of hydrogen-bond acceptors (Lipinski definition) is 4. The van der Waals surface area contributed by atoms with E-state index in [-0.39, 0.29) is 11.7 Å². The van der Waals surface area contributed by atoms with Gasteiger partial charge in [0.2, 0.25) is 5.91 Å². The monoisotopic (exact) mass is 250 g/mol. The zero-order valence-electron chi connectivity index (χ0n) is 10.6. The van der Waals surface area contributed by atoms with E-state index in [4.69, 9.17) is 10.9 Å². The van der Waals surface area contributed by atoms with E-state index in [0.717, 1.165) is 11.3 Å². The van der Waals surface area contributed by atoms with Gasteiger partial charge in [0.05, 0.1) is 5.92 Å². The first-order chi connectivity index (χ1) is 8.58. The minimum atomic E-state index is -0.603. The maximum absolute atomic E-state index is 11.8. The summed E-state index contributed by atoms with van der Waals surface area (Å²) in [4.78, 5) is 15.9. The summed E-state index contributed by atoms with van der Waals surface area (Å²) in [6.07, 6.45) is 2.19. The number of nitrogens with zero attached hydrogens (tertiary/aromatic N) is 2. The molecule has 0 saturated carbocycles. The molecule has 0 saturated heterocycles. The highest BCUT2D eigenvalue weighted by Gasteiger charge is 2.20. The van der Waals surface area contributed by atoms with E-state index in [0.29, 0.717) is 13.0 Å². The second kappa shape index (κ2) is 6.58. The standard InChI is InChI=1S/C12H18N4O2/c1-3-10(11(13)16-18)12(17)15-7-9-5-4-8(2)14-6-9/h4-6,10,18H,3,7H2,1-2H3,(H2,13,16)(H,15,17). The molecular formula is C12H18N4O2. The summed E-state index contributed by atoms with van der Waals surface area (Å²) in [7, 11) is 0. The Labute approximate surface area is 106 Å². The van der Waals surface area contributed by atoms with Crippen LogP contribution in [0.4, 0.5) is 0 Å². The van der Waals surface area contributed by atoms with Crippen molar-refractivity contribution in [3.05, 3.63) is 29.6 Å². The lowest BCUT2D eigenvalue weighted by Crippen LogP contribution is -2.38. The summed E-state index contributed by atoms with van der Waals surface area (Å²) in [5.74, 6) is -0.932. The van der Waals surface area contributed by atoms with E-state index < -0.39 is 5.92 Å². The van der Waals surface area contributed by atoms with Crippen LogP contribution in [0, 0.1) is 12.8 Å². The van der Waals surface area contributed by atoms with Gasteiger partial charge in [-0.05, 0) is 25.0 Å². The molecule has 0 aliphatic carbocycles. The van der Waals surface area contributed by atoms with Crippen molar-refractivity contribution >= 4 is 11.7 Å². The van der Waals surface area contributed by atoms with Gasteiger partial charge in [-0.2, -0.15) is 0 Å². The zero-order chi connectivity index (χ0) is 13.5. The number of amides is 1. The van der Waals surface area contributed by atoms with Gasteiger partial charge in [0, 0.05) is 18.4 Å². The zero-order valence-corrected chi connectivity index (χ0v) is 10.6. The van der Waals surface area contributed by atoms with Gasteiger partial charge < -0.3 is 16.3 Å². The number of pyridine rings is 1. The lowest BCUT2D eigenvalue weighted by molar-refractivity contribution is -0.123. The van der Waals surface area contributed by atoms with Crippen molar-refractivity contribution in [3.8, 4) is 0 Å². The topological polar surface area (TPSA) is 101 Å². The molecule has 1 aromatic rings. The summed E-state index contributed by atoms with van der Waals surface area (Å²) in [5.41, 5.74) is 7.27. The number of carbonyl (C=O) groups is 1. The third kappa shape index (κ3) is 3.73. The van der Waals surface area contributed by atoms with Crippen LogP contribution in [-0.4, -0.2) is 21.9 Å². The number of oxime groups is 1. The first kappa shape index (κ1) is 14.0. The molecule has 4 N–H and O–H groups in total. The van der Waals surface area contributed by atoms with E-state index in [1.54, 1.807) is 13.1 Å². The fourth-order valence-electron chi connectivity index (χ4n) is 1.51. The Hall–Kier alpha value is -2.11. The molecule has 98 valence electrons. The van der Waals surface area contributed by atoms with Crippen LogP contribution in [0.25, 0.3) is 0 Å². The fourth-order valence-corrected chi connectivity index (χ4v) is 1.51. The highest BCUT2D eigenvalue weighted by Crippen LogP contribution is 2.04. The molecule has 0 aliphatic heterocycles. The average Bonchev–Trinajstić information content (AvgIpc) is 2.38. The van der Waals surface area contributed by atoms with Crippen LogP contribution in [0.5, 0.6) is 0 Å². The second-order valence-electron chi connectivity index (χ2n) is 4.01. The molecule has 1 rings (SSSR count). The largest absolute Gasteiger partial charge is 0.409 e. The van der Waals surface area contributed by atoms with Crippen LogP contribution in [0.15, 0.2) is 23.5 Å². The average molecular weight is 250 g/mol. The van der Waals surface area contributed by atoms with Crippen molar-refractivity contribution in [2.75, 3.05) is 0 Å². The molecule has 0 aromatic carbocycles. The molecule has 18 heavy (non-hydrogen) atoms. The number of rotatable bonds is 5. The Balaban J connectivity index is 2.57. The van der Waals surface area contributed by atoms with Crippen molar-refractivity contribution < 1.29 is 10.0 Å². The van der Waals surface area contributed by atoms with E-state index in [9.17, 15) is 4.79 Å². The normalized spacial score (nSPS) is 13.1. The molecule has 1 unspecified atom stereocenters. The maximum Gasteiger partial charge on any atom is 0.231 e. The Morgan fingerprint density at radius 1 is 1.61 bits per heavy atom. The molecule has 1 heterocycles. The maximum atomic E-state index is 11.8. The van der Waals surface area contributed by atoms with Gasteiger partial charge in [-0.1, -0.05) is 18.1 Å². The number of hydrogen-bond donors (Lipinski definition) is 3. The highest BCUT2D eigenvalue weighted by atomic mass is 16.4.